The van der Waals surface area contributed by atoms with Crippen molar-refractivity contribution in [1.29, 1.82) is 0 Å². The van der Waals surface area contributed by atoms with Gasteiger partial charge in [-0.3, -0.25) is 0 Å². The summed E-state index contributed by atoms with van der Waals surface area (Å²) < 4.78 is 2.92. The maximum absolute atomic E-state index is 4.28. The molecule has 14 heavy (non-hydrogen) atoms. The van der Waals surface area contributed by atoms with E-state index in [4.69, 9.17) is 0 Å². The molecule has 1 heterocycles. The van der Waals surface area contributed by atoms with Crippen LogP contribution in [0.2, 0.25) is 0 Å². The van der Waals surface area contributed by atoms with Crippen LogP contribution >= 0.6 is 15.9 Å². The van der Waals surface area contributed by atoms with Crippen molar-refractivity contribution in [3.63, 3.8) is 0 Å². The van der Waals surface area contributed by atoms with Gasteiger partial charge in [0.15, 0.2) is 0 Å². The Balaban J connectivity index is 2.95. The van der Waals surface area contributed by atoms with Gasteiger partial charge in [0.2, 0.25) is 0 Å². The van der Waals surface area contributed by atoms with E-state index in [1.807, 2.05) is 12.4 Å². The molecule has 0 unspecified atom stereocenters. The van der Waals surface area contributed by atoms with Crippen molar-refractivity contribution in [3.05, 3.63) is 30.9 Å². The normalized spacial score (nSPS) is 10.1. The molecule has 1 rings (SSSR count). The summed E-state index contributed by atoms with van der Waals surface area (Å²) in [5.74, 6) is 0. The fraction of sp³-hybridized carbons (Fsp3) is 0.364. The van der Waals surface area contributed by atoms with Gasteiger partial charge in [-0.25, -0.2) is 4.98 Å². The summed E-state index contributed by atoms with van der Waals surface area (Å²) in [5.41, 5.74) is 1.93. The number of rotatable bonds is 5. The zero-order valence-electron chi connectivity index (χ0n) is 8.46. The van der Waals surface area contributed by atoms with Crippen LogP contribution in [0.4, 0.5) is 0 Å². The van der Waals surface area contributed by atoms with E-state index < -0.39 is 0 Å². The predicted octanol–water partition coefficient (Wildman–Crippen LogP) is 3.69. The maximum atomic E-state index is 4.28. The third-order valence-electron chi connectivity index (χ3n) is 2.08. The van der Waals surface area contributed by atoms with E-state index in [0.29, 0.717) is 0 Å². The molecule has 0 aromatic carbocycles. The third kappa shape index (κ3) is 2.35. The Morgan fingerprint density at radius 2 is 2.43 bits per heavy atom. The van der Waals surface area contributed by atoms with E-state index in [1.54, 1.807) is 0 Å². The van der Waals surface area contributed by atoms with E-state index in [9.17, 15) is 0 Å². The Labute approximate surface area is 93.5 Å². The minimum absolute atomic E-state index is 0.808. The molecule has 3 heteroatoms. The van der Waals surface area contributed by atoms with Gasteiger partial charge in [0.05, 0.1) is 12.0 Å². The number of aryl methyl sites for hydroxylation is 1. The molecule has 0 aliphatic heterocycles. The number of hydrogen-bond donors (Lipinski definition) is 0. The lowest BCUT2D eigenvalue weighted by molar-refractivity contribution is 0.628. The maximum Gasteiger partial charge on any atom is 0.102 e. The Kier molecular flexibility index (Phi) is 4.14. The fourth-order valence-corrected chi connectivity index (χ4v) is 1.63. The second-order valence-electron chi connectivity index (χ2n) is 3.13. The van der Waals surface area contributed by atoms with Gasteiger partial charge in [0.25, 0.3) is 0 Å². The SMILES string of the molecule is C=Cc1c(C(=C)Br)ncn1CCCC. The van der Waals surface area contributed by atoms with Crippen LogP contribution < -0.4 is 0 Å². The van der Waals surface area contributed by atoms with Gasteiger partial charge in [-0.15, -0.1) is 0 Å². The molecule has 1 aromatic rings. The minimum Gasteiger partial charge on any atom is -0.331 e. The summed E-state index contributed by atoms with van der Waals surface area (Å²) in [5, 5.41) is 0. The second-order valence-corrected chi connectivity index (χ2v) is 4.09. The smallest absolute Gasteiger partial charge is 0.102 e. The highest BCUT2D eigenvalue weighted by atomic mass is 79.9. The summed E-state index contributed by atoms with van der Waals surface area (Å²) in [6.07, 6.45) is 6.00. The molecule has 0 saturated heterocycles. The molecule has 0 fully saturated rings. The largest absolute Gasteiger partial charge is 0.331 e. The van der Waals surface area contributed by atoms with E-state index >= 15 is 0 Å². The lowest BCUT2D eigenvalue weighted by Crippen LogP contribution is -1.98. The molecule has 0 bridgehead atoms. The monoisotopic (exact) mass is 254 g/mol. The molecule has 2 nitrogen and oxygen atoms in total. The van der Waals surface area contributed by atoms with E-state index in [2.05, 4.69) is 45.6 Å². The van der Waals surface area contributed by atoms with Crippen molar-refractivity contribution in [2.45, 2.75) is 26.3 Å². The molecule has 76 valence electrons. The van der Waals surface area contributed by atoms with Crippen LogP contribution in [0.25, 0.3) is 10.6 Å². The second kappa shape index (κ2) is 5.15. The van der Waals surface area contributed by atoms with E-state index in [-0.39, 0.29) is 0 Å². The highest BCUT2D eigenvalue weighted by molar-refractivity contribution is 9.15. The molecular weight excluding hydrogens is 240 g/mol. The quantitative estimate of drug-likeness (QED) is 0.784. The Bertz CT molecular complexity index is 339. The van der Waals surface area contributed by atoms with Crippen LogP contribution in [-0.4, -0.2) is 9.55 Å². The van der Waals surface area contributed by atoms with Crippen LogP contribution in [0.15, 0.2) is 19.5 Å². The minimum atomic E-state index is 0.808. The molecule has 0 amide bonds. The number of hydrogen-bond acceptors (Lipinski definition) is 1. The molecule has 0 radical (unpaired) electrons. The number of nitrogens with zero attached hydrogens (tertiary/aromatic N) is 2. The van der Waals surface area contributed by atoms with Gasteiger partial charge >= 0.3 is 0 Å². The van der Waals surface area contributed by atoms with Crippen LogP contribution in [0.1, 0.15) is 31.2 Å². The first-order chi connectivity index (χ1) is 6.70. The lowest BCUT2D eigenvalue weighted by Gasteiger charge is -2.04. The summed E-state index contributed by atoms with van der Waals surface area (Å²) >= 11 is 3.34. The Morgan fingerprint density at radius 1 is 1.71 bits per heavy atom. The number of halogens is 1. The van der Waals surface area contributed by atoms with Gasteiger partial charge < -0.3 is 4.57 Å². The first kappa shape index (κ1) is 11.2. The number of imidazole rings is 1. The first-order valence-corrected chi connectivity index (χ1v) is 5.52. The van der Waals surface area contributed by atoms with E-state index in [0.717, 1.165) is 28.8 Å². The predicted molar refractivity (Wildman–Crippen MR) is 65.2 cm³/mol. The standard InChI is InChI=1S/C11H15BrN2/c1-4-6-7-14-8-13-11(9(3)12)10(14)5-2/h5,8H,2-4,6-7H2,1H3. The van der Waals surface area contributed by atoms with Crippen LogP contribution in [0.5, 0.6) is 0 Å². The van der Waals surface area contributed by atoms with Crippen molar-refractivity contribution < 1.29 is 0 Å². The number of unbranched alkanes of at least 4 members (excludes halogenated alkanes) is 1. The summed E-state index contributed by atoms with van der Waals surface area (Å²) in [7, 11) is 0. The summed E-state index contributed by atoms with van der Waals surface area (Å²) in [6.45, 7) is 10.8. The van der Waals surface area contributed by atoms with Crippen molar-refractivity contribution >= 4 is 26.5 Å². The summed E-state index contributed by atoms with van der Waals surface area (Å²) in [6, 6.07) is 0. The van der Waals surface area contributed by atoms with Crippen LogP contribution in [0.3, 0.4) is 0 Å². The Morgan fingerprint density at radius 3 is 2.93 bits per heavy atom. The van der Waals surface area contributed by atoms with Crippen molar-refractivity contribution in [3.8, 4) is 0 Å². The average Bonchev–Trinajstić information content (AvgIpc) is 2.57. The van der Waals surface area contributed by atoms with Gasteiger partial charge in [0.1, 0.15) is 5.69 Å². The highest BCUT2D eigenvalue weighted by Gasteiger charge is 2.08. The molecule has 0 aliphatic rings. The molecule has 0 atom stereocenters. The molecule has 0 spiro atoms. The van der Waals surface area contributed by atoms with Crippen molar-refractivity contribution in [2.75, 3.05) is 0 Å². The molecule has 0 N–H and O–H groups in total. The third-order valence-corrected chi connectivity index (χ3v) is 2.46. The Hall–Kier alpha value is -0.830. The molecule has 0 saturated carbocycles. The van der Waals surface area contributed by atoms with Gasteiger partial charge in [-0.2, -0.15) is 0 Å². The average molecular weight is 255 g/mol. The zero-order chi connectivity index (χ0) is 10.6. The lowest BCUT2D eigenvalue weighted by atomic mass is 10.3. The van der Waals surface area contributed by atoms with Crippen LogP contribution in [0, 0.1) is 0 Å². The highest BCUT2D eigenvalue weighted by Crippen LogP contribution is 2.22. The zero-order valence-corrected chi connectivity index (χ0v) is 10.0. The molecule has 1 aromatic heterocycles. The molecular formula is C11H15BrN2. The topological polar surface area (TPSA) is 17.8 Å². The van der Waals surface area contributed by atoms with Gasteiger partial charge in [-0.05, 0) is 28.4 Å². The number of aromatic nitrogens is 2. The van der Waals surface area contributed by atoms with Crippen molar-refractivity contribution in [2.24, 2.45) is 0 Å². The van der Waals surface area contributed by atoms with E-state index in [1.165, 1.54) is 6.42 Å². The molecule has 0 aliphatic carbocycles. The first-order valence-electron chi connectivity index (χ1n) is 4.73. The summed E-state index contributed by atoms with van der Waals surface area (Å²) in [4.78, 5) is 4.28. The van der Waals surface area contributed by atoms with Crippen LogP contribution in [-0.2, 0) is 6.54 Å². The van der Waals surface area contributed by atoms with Gasteiger partial charge in [-0.1, -0.05) is 26.5 Å². The van der Waals surface area contributed by atoms with Gasteiger partial charge in [0, 0.05) is 11.0 Å². The van der Waals surface area contributed by atoms with Crippen molar-refractivity contribution in [1.82, 2.24) is 9.55 Å². The fourth-order valence-electron chi connectivity index (χ4n) is 1.32.